The Morgan fingerprint density at radius 2 is 1.18 bits per heavy atom. The Kier molecular flexibility index (Phi) is 28.7. The van der Waals surface area contributed by atoms with Gasteiger partial charge in [-0.3, -0.25) is 4.90 Å². The largest absolute Gasteiger partial charge is 1.00 e. The molecule has 22 heavy (non-hydrogen) atoms. The molecule has 0 aromatic rings. The molecule has 12 heteroatoms. The quantitative estimate of drug-likeness (QED) is 0.260. The standard InChI is InChI=1S/C10H19N3O6.3Na/c14-8(15)5-12-2-1-11-3-4-13(6-9(16)17)7-10(18)19;;;/h11-12H,1-7H2,(H,14,15)(H,16,17)(H,18,19);;;/q;3*+1/p-3. The maximum Gasteiger partial charge on any atom is 1.00 e. The summed E-state index contributed by atoms with van der Waals surface area (Å²) in [6.07, 6.45) is 0. The zero-order valence-electron chi connectivity index (χ0n) is 13.3. The van der Waals surface area contributed by atoms with Crippen LogP contribution in [0.1, 0.15) is 0 Å². The van der Waals surface area contributed by atoms with Crippen molar-refractivity contribution in [1.29, 1.82) is 0 Å². The van der Waals surface area contributed by atoms with Gasteiger partial charge in [0.05, 0.1) is 17.9 Å². The van der Waals surface area contributed by atoms with E-state index in [0.29, 0.717) is 19.6 Å². The summed E-state index contributed by atoms with van der Waals surface area (Å²) in [6, 6.07) is 0. The minimum absolute atomic E-state index is 0. The number of hydrogen-bond acceptors (Lipinski definition) is 9. The van der Waals surface area contributed by atoms with Gasteiger partial charge in [-0.2, -0.15) is 0 Å². The summed E-state index contributed by atoms with van der Waals surface area (Å²) in [5.41, 5.74) is 0. The Balaban J connectivity index is -0.000000540. The minimum Gasteiger partial charge on any atom is -0.549 e. The number of carboxylic acid groups (broad SMARTS) is 3. The van der Waals surface area contributed by atoms with Gasteiger partial charge < -0.3 is 40.3 Å². The number of carboxylic acids is 3. The summed E-state index contributed by atoms with van der Waals surface area (Å²) >= 11 is 0. The van der Waals surface area contributed by atoms with Gasteiger partial charge in [0.15, 0.2) is 0 Å². The van der Waals surface area contributed by atoms with Crippen LogP contribution in [0, 0.1) is 0 Å². The van der Waals surface area contributed by atoms with E-state index in [0.717, 1.165) is 4.90 Å². The summed E-state index contributed by atoms with van der Waals surface area (Å²) < 4.78 is 0. The van der Waals surface area contributed by atoms with E-state index in [1.165, 1.54) is 0 Å². The first-order valence-electron chi connectivity index (χ1n) is 5.65. The number of carbonyl (C=O) groups is 3. The summed E-state index contributed by atoms with van der Waals surface area (Å²) in [5.74, 6) is -3.93. The number of nitrogens with one attached hydrogen (secondary N) is 2. The first-order valence-corrected chi connectivity index (χ1v) is 5.65. The average molecular weight is 343 g/mol. The van der Waals surface area contributed by atoms with Crippen molar-refractivity contribution in [2.75, 3.05) is 45.8 Å². The van der Waals surface area contributed by atoms with Crippen molar-refractivity contribution in [1.82, 2.24) is 15.5 Å². The molecule has 0 rings (SSSR count). The first kappa shape index (κ1) is 31.1. The van der Waals surface area contributed by atoms with E-state index in [4.69, 9.17) is 0 Å². The molecule has 0 radical (unpaired) electrons. The monoisotopic (exact) mass is 343 g/mol. The normalized spacial score (nSPS) is 9.14. The minimum atomic E-state index is -1.36. The smallest absolute Gasteiger partial charge is 0.549 e. The van der Waals surface area contributed by atoms with E-state index in [1.54, 1.807) is 0 Å². The van der Waals surface area contributed by atoms with Gasteiger partial charge in [-0.1, -0.05) is 0 Å². The summed E-state index contributed by atoms with van der Waals surface area (Å²) in [7, 11) is 0. The summed E-state index contributed by atoms with van der Waals surface area (Å²) in [6.45, 7) is 0.184. The van der Waals surface area contributed by atoms with Gasteiger partial charge in [-0.25, -0.2) is 0 Å². The molecule has 0 saturated heterocycles. The van der Waals surface area contributed by atoms with Gasteiger partial charge in [-0.15, -0.1) is 0 Å². The average Bonchev–Trinajstić information content (AvgIpc) is 2.25. The molecule has 0 unspecified atom stereocenters. The SMILES string of the molecule is O=C([O-])CNCCNCCN(CC(=O)[O-])CC(=O)[O-].[Na+].[Na+].[Na+]. The number of nitrogens with zero attached hydrogens (tertiary/aromatic N) is 1. The Bertz CT molecular complexity index is 306. The van der Waals surface area contributed by atoms with Crippen LogP contribution in [-0.4, -0.2) is 68.6 Å². The van der Waals surface area contributed by atoms with Crippen LogP contribution in [-0.2, 0) is 14.4 Å². The van der Waals surface area contributed by atoms with Crippen LogP contribution in [0.15, 0.2) is 0 Å². The molecule has 2 N–H and O–H groups in total. The second-order valence-electron chi connectivity index (χ2n) is 3.75. The predicted octanol–water partition coefficient (Wildman–Crippen LogP) is -15.3. The van der Waals surface area contributed by atoms with Crippen LogP contribution < -0.4 is 115 Å². The Morgan fingerprint density at radius 3 is 1.59 bits per heavy atom. The molecule has 0 aromatic carbocycles. The van der Waals surface area contributed by atoms with E-state index in [9.17, 15) is 29.7 Å². The van der Waals surface area contributed by atoms with Crippen LogP contribution in [0.3, 0.4) is 0 Å². The third-order valence-corrected chi connectivity index (χ3v) is 2.06. The molecule has 0 bridgehead atoms. The Morgan fingerprint density at radius 1 is 0.727 bits per heavy atom. The number of aliphatic carboxylic acids is 3. The van der Waals surface area contributed by atoms with Crippen LogP contribution in [0.5, 0.6) is 0 Å². The summed E-state index contributed by atoms with van der Waals surface area (Å²) in [5, 5.41) is 36.3. The Labute approximate surface area is 195 Å². The maximum atomic E-state index is 10.4. The molecule has 0 aliphatic rings. The molecule has 0 spiro atoms. The molecular weight excluding hydrogens is 327 g/mol. The predicted molar refractivity (Wildman–Crippen MR) is 57.2 cm³/mol. The maximum absolute atomic E-state index is 10.4. The van der Waals surface area contributed by atoms with Gasteiger partial charge in [0.2, 0.25) is 0 Å². The topological polar surface area (TPSA) is 148 Å². The zero-order chi connectivity index (χ0) is 14.7. The van der Waals surface area contributed by atoms with E-state index in [1.807, 2.05) is 0 Å². The molecule has 0 amide bonds. The van der Waals surface area contributed by atoms with E-state index >= 15 is 0 Å². The molecular formula is C10H16N3Na3O6. The zero-order valence-corrected chi connectivity index (χ0v) is 19.3. The second kappa shape index (κ2) is 20.3. The van der Waals surface area contributed by atoms with Crippen molar-refractivity contribution in [3.05, 3.63) is 0 Å². The van der Waals surface area contributed by atoms with Crippen molar-refractivity contribution >= 4 is 17.9 Å². The molecule has 0 aliphatic heterocycles. The van der Waals surface area contributed by atoms with Gasteiger partial charge in [0.1, 0.15) is 0 Å². The Hall–Kier alpha value is 1.29. The molecule has 110 valence electrons. The van der Waals surface area contributed by atoms with Crippen molar-refractivity contribution < 1.29 is 118 Å². The van der Waals surface area contributed by atoms with E-state index in [-0.39, 0.29) is 102 Å². The van der Waals surface area contributed by atoms with Crippen molar-refractivity contribution in [2.45, 2.75) is 0 Å². The van der Waals surface area contributed by atoms with E-state index in [2.05, 4.69) is 10.6 Å². The number of hydrogen-bond donors (Lipinski definition) is 2. The van der Waals surface area contributed by atoms with Crippen LogP contribution in [0.25, 0.3) is 0 Å². The van der Waals surface area contributed by atoms with Gasteiger partial charge in [0.25, 0.3) is 0 Å². The van der Waals surface area contributed by atoms with Crippen molar-refractivity contribution in [2.24, 2.45) is 0 Å². The molecule has 0 saturated carbocycles. The third kappa shape index (κ3) is 23.6. The van der Waals surface area contributed by atoms with Gasteiger partial charge >= 0.3 is 88.7 Å². The molecule has 0 atom stereocenters. The van der Waals surface area contributed by atoms with Crippen LogP contribution >= 0.6 is 0 Å². The van der Waals surface area contributed by atoms with Crippen molar-refractivity contribution in [3.63, 3.8) is 0 Å². The number of rotatable bonds is 12. The molecule has 0 aliphatic carbocycles. The molecule has 0 fully saturated rings. The van der Waals surface area contributed by atoms with Gasteiger partial charge in [-0.05, 0) is 0 Å². The fraction of sp³-hybridized carbons (Fsp3) is 0.700. The van der Waals surface area contributed by atoms with Crippen molar-refractivity contribution in [3.8, 4) is 0 Å². The molecule has 0 heterocycles. The summed E-state index contributed by atoms with van der Waals surface area (Å²) in [4.78, 5) is 32.0. The number of carbonyl (C=O) groups excluding carboxylic acids is 3. The van der Waals surface area contributed by atoms with Gasteiger partial charge in [0, 0.05) is 45.8 Å². The van der Waals surface area contributed by atoms with Crippen LogP contribution in [0.4, 0.5) is 0 Å². The molecule has 0 aromatic heterocycles. The molecule has 9 nitrogen and oxygen atoms in total. The first-order chi connectivity index (χ1) is 8.91. The second-order valence-corrected chi connectivity index (χ2v) is 3.75. The third-order valence-electron chi connectivity index (χ3n) is 2.06. The van der Waals surface area contributed by atoms with Crippen LogP contribution in [0.2, 0.25) is 0 Å². The van der Waals surface area contributed by atoms with E-state index < -0.39 is 31.0 Å². The fourth-order valence-corrected chi connectivity index (χ4v) is 1.31. The fourth-order valence-electron chi connectivity index (χ4n) is 1.31.